The second kappa shape index (κ2) is 6.10. The molecule has 2 rings (SSSR count). The van der Waals surface area contributed by atoms with Gasteiger partial charge in [-0.1, -0.05) is 12.8 Å². The lowest BCUT2D eigenvalue weighted by atomic mass is 9.86. The van der Waals surface area contributed by atoms with E-state index >= 15 is 0 Å². The predicted molar refractivity (Wildman–Crippen MR) is 77.0 cm³/mol. The summed E-state index contributed by atoms with van der Waals surface area (Å²) in [6.45, 7) is 2.20. The maximum Gasteiger partial charge on any atom is 0.147 e. The van der Waals surface area contributed by atoms with Crippen molar-refractivity contribution < 1.29 is 13.5 Å². The van der Waals surface area contributed by atoms with Crippen molar-refractivity contribution in [1.29, 1.82) is 0 Å². The maximum atomic E-state index is 11.2. The zero-order valence-corrected chi connectivity index (χ0v) is 12.8. The number of hydrogen-bond donors (Lipinski definition) is 1. The molecule has 0 aromatic rings. The molecule has 0 bridgehead atoms. The topological polar surface area (TPSA) is 57.6 Å². The van der Waals surface area contributed by atoms with Crippen molar-refractivity contribution >= 4 is 9.84 Å². The zero-order chi connectivity index (χ0) is 13.9. The van der Waals surface area contributed by atoms with Gasteiger partial charge in [0.25, 0.3) is 0 Å². The van der Waals surface area contributed by atoms with Crippen molar-refractivity contribution in [3.63, 3.8) is 0 Å². The van der Waals surface area contributed by atoms with Crippen LogP contribution in [0.4, 0.5) is 0 Å². The van der Waals surface area contributed by atoms with Gasteiger partial charge >= 0.3 is 0 Å². The van der Waals surface area contributed by atoms with Crippen LogP contribution in [-0.4, -0.2) is 55.2 Å². The van der Waals surface area contributed by atoms with Crippen LogP contribution < -0.4 is 0 Å². The first-order valence-corrected chi connectivity index (χ1v) is 9.61. The highest BCUT2D eigenvalue weighted by Gasteiger charge is 2.45. The van der Waals surface area contributed by atoms with Gasteiger partial charge in [0.2, 0.25) is 0 Å². The summed E-state index contributed by atoms with van der Waals surface area (Å²) in [5.41, 5.74) is -0.0476. The van der Waals surface area contributed by atoms with Gasteiger partial charge in [-0.2, -0.15) is 0 Å². The molecule has 1 saturated heterocycles. The van der Waals surface area contributed by atoms with Gasteiger partial charge in [0.05, 0.1) is 6.10 Å². The highest BCUT2D eigenvalue weighted by molar-refractivity contribution is 7.90. The first kappa shape index (κ1) is 15.3. The van der Waals surface area contributed by atoms with E-state index in [1.165, 1.54) is 31.9 Å². The lowest BCUT2D eigenvalue weighted by Crippen LogP contribution is -2.53. The molecule has 2 aliphatic rings. The molecule has 0 radical (unpaired) electrons. The Bertz CT molecular complexity index is 381. The van der Waals surface area contributed by atoms with Crippen LogP contribution in [0.25, 0.3) is 0 Å². The van der Waals surface area contributed by atoms with Crippen molar-refractivity contribution in [2.24, 2.45) is 0 Å². The molecule has 4 nitrogen and oxygen atoms in total. The van der Waals surface area contributed by atoms with Gasteiger partial charge in [0.1, 0.15) is 9.84 Å². The van der Waals surface area contributed by atoms with Crippen LogP contribution in [0.1, 0.15) is 51.4 Å². The molecule has 0 spiro atoms. The Hall–Kier alpha value is -0.130. The van der Waals surface area contributed by atoms with E-state index in [0.29, 0.717) is 12.8 Å². The smallest absolute Gasteiger partial charge is 0.147 e. The van der Waals surface area contributed by atoms with E-state index < -0.39 is 9.84 Å². The third kappa shape index (κ3) is 3.70. The number of sulfone groups is 1. The lowest BCUT2D eigenvalue weighted by molar-refractivity contribution is -0.0221. The SMILES string of the molecule is CS(=O)(=O)CCCC(O)C1(N2CCCC2)CCCC1. The number of nitrogens with zero attached hydrogens (tertiary/aromatic N) is 1. The number of likely N-dealkylation sites (tertiary alicyclic amines) is 1. The minimum absolute atomic E-state index is 0.0476. The molecule has 1 unspecified atom stereocenters. The van der Waals surface area contributed by atoms with E-state index in [0.717, 1.165) is 25.9 Å². The second-order valence-electron chi connectivity index (χ2n) is 6.29. The summed E-state index contributed by atoms with van der Waals surface area (Å²) in [5, 5.41) is 10.6. The molecule has 1 N–H and O–H groups in total. The van der Waals surface area contributed by atoms with Crippen LogP contribution in [-0.2, 0) is 9.84 Å². The molecule has 1 saturated carbocycles. The van der Waals surface area contributed by atoms with Crippen LogP contribution >= 0.6 is 0 Å². The van der Waals surface area contributed by atoms with Crippen molar-refractivity contribution in [2.45, 2.75) is 63.0 Å². The van der Waals surface area contributed by atoms with Gasteiger partial charge in [0, 0.05) is 17.5 Å². The van der Waals surface area contributed by atoms with Gasteiger partial charge < -0.3 is 5.11 Å². The molecule has 0 amide bonds. The first-order chi connectivity index (χ1) is 8.94. The van der Waals surface area contributed by atoms with Gasteiger partial charge in [-0.05, 0) is 51.6 Å². The van der Waals surface area contributed by atoms with Crippen LogP contribution in [0.15, 0.2) is 0 Å². The van der Waals surface area contributed by atoms with Gasteiger partial charge in [-0.25, -0.2) is 8.42 Å². The fourth-order valence-corrected chi connectivity index (χ4v) is 4.51. The van der Waals surface area contributed by atoms with Crippen LogP contribution in [0.2, 0.25) is 0 Å². The summed E-state index contributed by atoms with van der Waals surface area (Å²) >= 11 is 0. The molecule has 1 atom stereocenters. The fraction of sp³-hybridized carbons (Fsp3) is 1.00. The van der Waals surface area contributed by atoms with Gasteiger partial charge in [-0.3, -0.25) is 4.90 Å². The van der Waals surface area contributed by atoms with E-state index in [9.17, 15) is 13.5 Å². The van der Waals surface area contributed by atoms with Crippen LogP contribution in [0, 0.1) is 0 Å². The summed E-state index contributed by atoms with van der Waals surface area (Å²) in [4.78, 5) is 2.48. The number of hydrogen-bond acceptors (Lipinski definition) is 4. The molecule has 1 aliphatic carbocycles. The summed E-state index contributed by atoms with van der Waals surface area (Å²) < 4.78 is 22.4. The summed E-state index contributed by atoms with van der Waals surface area (Å²) in [6.07, 6.45) is 9.11. The molecular weight excluding hydrogens is 262 g/mol. The Morgan fingerprint density at radius 3 is 2.26 bits per heavy atom. The predicted octanol–water partition coefficient (Wildman–Crippen LogP) is 1.58. The number of aliphatic hydroxyl groups is 1. The molecule has 0 aromatic carbocycles. The van der Waals surface area contributed by atoms with Crippen LogP contribution in [0.3, 0.4) is 0 Å². The normalized spacial score (nSPS) is 25.8. The highest BCUT2D eigenvalue weighted by atomic mass is 32.2. The summed E-state index contributed by atoms with van der Waals surface area (Å²) in [5.74, 6) is 0.195. The molecule has 1 heterocycles. The average Bonchev–Trinajstić information content (AvgIpc) is 2.99. The van der Waals surface area contributed by atoms with E-state index in [-0.39, 0.29) is 17.4 Å². The molecule has 5 heteroatoms. The van der Waals surface area contributed by atoms with Crippen molar-refractivity contribution in [2.75, 3.05) is 25.1 Å². The first-order valence-electron chi connectivity index (χ1n) is 7.55. The Labute approximate surface area is 117 Å². The molecule has 112 valence electrons. The Kier molecular flexibility index (Phi) is 4.90. The average molecular weight is 289 g/mol. The quantitative estimate of drug-likeness (QED) is 0.806. The Morgan fingerprint density at radius 1 is 1.16 bits per heavy atom. The second-order valence-corrected chi connectivity index (χ2v) is 8.55. The fourth-order valence-electron chi connectivity index (χ4n) is 3.82. The Morgan fingerprint density at radius 2 is 1.74 bits per heavy atom. The molecule has 1 aliphatic heterocycles. The minimum atomic E-state index is -2.91. The third-order valence-electron chi connectivity index (χ3n) is 4.82. The van der Waals surface area contributed by atoms with Gasteiger partial charge in [-0.15, -0.1) is 0 Å². The molecule has 19 heavy (non-hydrogen) atoms. The minimum Gasteiger partial charge on any atom is -0.391 e. The largest absolute Gasteiger partial charge is 0.391 e. The highest BCUT2D eigenvalue weighted by Crippen LogP contribution is 2.41. The monoisotopic (exact) mass is 289 g/mol. The molecule has 0 aromatic heterocycles. The van der Waals surface area contributed by atoms with Gasteiger partial charge in [0.15, 0.2) is 0 Å². The van der Waals surface area contributed by atoms with Crippen LogP contribution in [0.5, 0.6) is 0 Å². The zero-order valence-electron chi connectivity index (χ0n) is 12.0. The van der Waals surface area contributed by atoms with Crippen molar-refractivity contribution in [1.82, 2.24) is 4.90 Å². The maximum absolute atomic E-state index is 11.2. The third-order valence-corrected chi connectivity index (χ3v) is 5.85. The van der Waals surface area contributed by atoms with Crippen molar-refractivity contribution in [3.8, 4) is 0 Å². The molecular formula is C14H27NO3S. The van der Waals surface area contributed by atoms with E-state index in [1.54, 1.807) is 0 Å². The standard InChI is InChI=1S/C14H27NO3S/c1-19(17,18)12-6-7-13(16)14(8-2-3-9-14)15-10-4-5-11-15/h13,16H,2-12H2,1H3. The number of rotatable bonds is 6. The molecule has 2 fully saturated rings. The Balaban J connectivity index is 1.94. The summed E-state index contributed by atoms with van der Waals surface area (Å²) in [6, 6.07) is 0. The van der Waals surface area contributed by atoms with Crippen molar-refractivity contribution in [3.05, 3.63) is 0 Å². The summed E-state index contributed by atoms with van der Waals surface area (Å²) in [7, 11) is -2.91. The van der Waals surface area contributed by atoms with E-state index in [1.807, 2.05) is 0 Å². The number of aliphatic hydroxyl groups excluding tert-OH is 1. The van der Waals surface area contributed by atoms with E-state index in [4.69, 9.17) is 0 Å². The lowest BCUT2D eigenvalue weighted by Gasteiger charge is -2.42. The van der Waals surface area contributed by atoms with E-state index in [2.05, 4.69) is 4.90 Å².